The molecule has 2 heterocycles. The molecule has 2 atom stereocenters. The summed E-state index contributed by atoms with van der Waals surface area (Å²) in [4.78, 5) is 4.25. The largest absolute Gasteiger partial charge is 0.313 e. The van der Waals surface area contributed by atoms with E-state index in [2.05, 4.69) is 34.7 Å². The molecule has 1 saturated carbocycles. The Morgan fingerprint density at radius 3 is 2.95 bits per heavy atom. The molecule has 1 aromatic rings. The number of hydrogen-bond acceptors (Lipinski definition) is 3. The molecule has 2 nitrogen and oxygen atoms in total. The molecular weight excluding hydrogens is 252 g/mol. The van der Waals surface area contributed by atoms with Gasteiger partial charge in [0.25, 0.3) is 0 Å². The summed E-state index contributed by atoms with van der Waals surface area (Å²) >= 11 is 1.90. The van der Waals surface area contributed by atoms with Gasteiger partial charge in [-0.05, 0) is 49.6 Å². The van der Waals surface area contributed by atoms with Crippen LogP contribution >= 0.6 is 11.3 Å². The zero-order valence-corrected chi connectivity index (χ0v) is 12.8. The highest BCUT2D eigenvalue weighted by Gasteiger charge is 2.32. The lowest BCUT2D eigenvalue weighted by Crippen LogP contribution is -2.46. The Morgan fingerprint density at radius 2 is 2.26 bits per heavy atom. The summed E-state index contributed by atoms with van der Waals surface area (Å²) in [5, 5.41) is 5.94. The highest BCUT2D eigenvalue weighted by molar-refractivity contribution is 7.09. The summed E-state index contributed by atoms with van der Waals surface area (Å²) < 4.78 is 0. The Bertz CT molecular complexity index is 372. The van der Waals surface area contributed by atoms with Crippen LogP contribution in [0.2, 0.25) is 0 Å². The van der Waals surface area contributed by atoms with E-state index in [4.69, 9.17) is 0 Å². The summed E-state index contributed by atoms with van der Waals surface area (Å²) in [5.74, 6) is 0.953. The van der Waals surface area contributed by atoms with E-state index in [1.54, 1.807) is 0 Å². The molecule has 1 N–H and O–H groups in total. The quantitative estimate of drug-likeness (QED) is 0.857. The predicted octanol–water partition coefficient (Wildman–Crippen LogP) is 3.49. The molecule has 19 heavy (non-hydrogen) atoms. The van der Waals surface area contributed by atoms with Crippen LogP contribution in [-0.4, -0.2) is 30.1 Å². The highest BCUT2D eigenvalue weighted by Crippen LogP contribution is 2.30. The second-order valence-electron chi connectivity index (χ2n) is 6.19. The molecule has 1 aliphatic heterocycles. The Morgan fingerprint density at radius 1 is 1.37 bits per heavy atom. The monoisotopic (exact) mass is 278 g/mol. The zero-order valence-electron chi connectivity index (χ0n) is 12.0. The average Bonchev–Trinajstić information content (AvgIpc) is 3.17. The number of hydrogen-bond donors (Lipinski definition) is 1. The van der Waals surface area contributed by atoms with Crippen LogP contribution in [0.4, 0.5) is 0 Å². The van der Waals surface area contributed by atoms with Crippen LogP contribution in [0, 0.1) is 5.92 Å². The minimum absolute atomic E-state index is 0.722. The molecule has 3 heteroatoms. The van der Waals surface area contributed by atoms with Crippen LogP contribution in [0.1, 0.15) is 43.9 Å². The summed E-state index contributed by atoms with van der Waals surface area (Å²) in [6.07, 6.45) is 6.93. The van der Waals surface area contributed by atoms with Gasteiger partial charge in [-0.25, -0.2) is 0 Å². The third-order valence-corrected chi connectivity index (χ3v) is 5.50. The molecule has 2 aliphatic rings. The van der Waals surface area contributed by atoms with Crippen LogP contribution in [0.25, 0.3) is 0 Å². The van der Waals surface area contributed by atoms with Gasteiger partial charge in [-0.2, -0.15) is 0 Å². The number of nitrogens with zero attached hydrogens (tertiary/aromatic N) is 1. The fourth-order valence-corrected chi connectivity index (χ4v) is 4.00. The lowest BCUT2D eigenvalue weighted by Gasteiger charge is -2.34. The third kappa shape index (κ3) is 3.80. The first-order valence-electron chi connectivity index (χ1n) is 7.85. The topological polar surface area (TPSA) is 15.3 Å². The van der Waals surface area contributed by atoms with Crippen molar-refractivity contribution in [2.75, 3.05) is 13.1 Å². The molecule has 1 aliphatic carbocycles. The van der Waals surface area contributed by atoms with E-state index in [1.807, 2.05) is 11.3 Å². The molecule has 3 rings (SSSR count). The van der Waals surface area contributed by atoms with Gasteiger partial charge in [-0.15, -0.1) is 11.3 Å². The third-order valence-electron chi connectivity index (χ3n) is 4.64. The van der Waals surface area contributed by atoms with Crippen molar-refractivity contribution in [2.45, 2.75) is 57.7 Å². The number of nitrogens with one attached hydrogen (secondary N) is 1. The molecule has 2 fully saturated rings. The van der Waals surface area contributed by atoms with E-state index >= 15 is 0 Å². The van der Waals surface area contributed by atoms with Gasteiger partial charge in [0, 0.05) is 30.1 Å². The van der Waals surface area contributed by atoms with E-state index in [0.717, 1.165) is 24.5 Å². The van der Waals surface area contributed by atoms with Crippen LogP contribution in [0.15, 0.2) is 17.5 Å². The van der Waals surface area contributed by atoms with E-state index in [9.17, 15) is 0 Å². The van der Waals surface area contributed by atoms with E-state index < -0.39 is 0 Å². The first-order valence-corrected chi connectivity index (χ1v) is 8.73. The number of thiophene rings is 1. The fraction of sp³-hybridized carbons (Fsp3) is 0.750. The minimum Gasteiger partial charge on any atom is -0.313 e. The second kappa shape index (κ2) is 6.38. The first-order chi connectivity index (χ1) is 9.35. The Kier molecular flexibility index (Phi) is 4.57. The van der Waals surface area contributed by atoms with Crippen molar-refractivity contribution in [1.82, 2.24) is 10.2 Å². The van der Waals surface area contributed by atoms with Gasteiger partial charge in [-0.3, -0.25) is 4.90 Å². The maximum absolute atomic E-state index is 3.74. The van der Waals surface area contributed by atoms with Gasteiger partial charge in [0.15, 0.2) is 0 Å². The standard InChI is InChI=1S/C16H26N2S/c1-2-13-7-8-17-14(10-13)11-18(15-5-6-15)12-16-4-3-9-19-16/h3-4,9,13-15,17H,2,5-8,10-12H2,1H3. The average molecular weight is 278 g/mol. The SMILES string of the molecule is CCC1CCNC(CN(Cc2cccs2)C2CC2)C1. The number of piperidine rings is 1. The van der Waals surface area contributed by atoms with Crippen molar-refractivity contribution in [3.63, 3.8) is 0 Å². The molecule has 2 unspecified atom stereocenters. The molecule has 106 valence electrons. The predicted molar refractivity (Wildman–Crippen MR) is 82.6 cm³/mol. The van der Waals surface area contributed by atoms with Gasteiger partial charge in [0.1, 0.15) is 0 Å². The van der Waals surface area contributed by atoms with Gasteiger partial charge in [0.2, 0.25) is 0 Å². The van der Waals surface area contributed by atoms with Crippen molar-refractivity contribution < 1.29 is 0 Å². The molecule has 0 aromatic carbocycles. The summed E-state index contributed by atoms with van der Waals surface area (Å²) in [7, 11) is 0. The van der Waals surface area contributed by atoms with E-state index in [1.165, 1.54) is 50.1 Å². The summed E-state index contributed by atoms with van der Waals surface area (Å²) in [6, 6.07) is 6.05. The molecule has 1 saturated heterocycles. The van der Waals surface area contributed by atoms with Crippen molar-refractivity contribution in [3.8, 4) is 0 Å². The molecule has 0 bridgehead atoms. The first kappa shape index (κ1) is 13.6. The molecule has 1 aromatic heterocycles. The summed E-state index contributed by atoms with van der Waals surface area (Å²) in [6.45, 7) is 5.98. The molecule has 0 spiro atoms. The van der Waals surface area contributed by atoms with Crippen molar-refractivity contribution >= 4 is 11.3 Å². The van der Waals surface area contributed by atoms with Crippen molar-refractivity contribution in [2.24, 2.45) is 5.92 Å². The van der Waals surface area contributed by atoms with E-state index in [-0.39, 0.29) is 0 Å². The second-order valence-corrected chi connectivity index (χ2v) is 7.22. The highest BCUT2D eigenvalue weighted by atomic mass is 32.1. The molecule has 0 amide bonds. The smallest absolute Gasteiger partial charge is 0.0331 e. The minimum atomic E-state index is 0.722. The van der Waals surface area contributed by atoms with Crippen molar-refractivity contribution in [1.29, 1.82) is 0 Å². The Hall–Kier alpha value is -0.380. The van der Waals surface area contributed by atoms with E-state index in [0.29, 0.717) is 0 Å². The van der Waals surface area contributed by atoms with Crippen LogP contribution < -0.4 is 5.32 Å². The van der Waals surface area contributed by atoms with Crippen LogP contribution in [0.3, 0.4) is 0 Å². The fourth-order valence-electron chi connectivity index (χ4n) is 3.27. The van der Waals surface area contributed by atoms with Crippen molar-refractivity contribution in [3.05, 3.63) is 22.4 Å². The molecule has 0 radical (unpaired) electrons. The lowest BCUT2D eigenvalue weighted by molar-refractivity contribution is 0.188. The summed E-state index contributed by atoms with van der Waals surface area (Å²) in [5.41, 5.74) is 0. The normalized spacial score (nSPS) is 27.9. The maximum atomic E-state index is 3.74. The zero-order chi connectivity index (χ0) is 13.1. The van der Waals surface area contributed by atoms with Gasteiger partial charge >= 0.3 is 0 Å². The van der Waals surface area contributed by atoms with Gasteiger partial charge in [-0.1, -0.05) is 19.4 Å². The van der Waals surface area contributed by atoms with Gasteiger partial charge in [0.05, 0.1) is 0 Å². The van der Waals surface area contributed by atoms with Crippen LogP contribution in [-0.2, 0) is 6.54 Å². The Balaban J connectivity index is 1.55. The molecular formula is C16H26N2S. The van der Waals surface area contributed by atoms with Crippen LogP contribution in [0.5, 0.6) is 0 Å². The Labute approximate surface area is 121 Å². The number of rotatable bonds is 6. The lowest BCUT2D eigenvalue weighted by atomic mass is 9.90. The maximum Gasteiger partial charge on any atom is 0.0331 e. The van der Waals surface area contributed by atoms with Gasteiger partial charge < -0.3 is 5.32 Å².